The first-order valence-corrected chi connectivity index (χ1v) is 8.97. The molecule has 3 rings (SSSR count). The molecule has 0 amide bonds. The number of aryl methyl sites for hydroxylation is 1. The molecule has 3 atom stereocenters. The van der Waals surface area contributed by atoms with E-state index < -0.39 is 35.1 Å². The highest BCUT2D eigenvalue weighted by Gasteiger charge is 2.37. The monoisotopic (exact) mass is 395 g/mol. The molecule has 0 radical (unpaired) electrons. The molecule has 0 aliphatic carbocycles. The molecule has 29 heavy (non-hydrogen) atoms. The highest BCUT2D eigenvalue weighted by molar-refractivity contribution is 5.76. The molecular formula is C21H21N3O5. The van der Waals surface area contributed by atoms with Crippen LogP contribution in [0.25, 0.3) is 0 Å². The second-order valence-electron chi connectivity index (χ2n) is 6.78. The molecule has 150 valence electrons. The van der Waals surface area contributed by atoms with E-state index in [2.05, 4.69) is 10.9 Å². The molecule has 1 aromatic carbocycles. The van der Waals surface area contributed by atoms with Crippen LogP contribution >= 0.6 is 0 Å². The number of hydrogen-bond acceptors (Lipinski definition) is 6. The summed E-state index contributed by atoms with van der Waals surface area (Å²) in [5.74, 6) is 1.84. The number of rotatable bonds is 6. The van der Waals surface area contributed by atoms with Crippen LogP contribution in [0, 0.1) is 19.3 Å². The van der Waals surface area contributed by atoms with E-state index in [9.17, 15) is 14.4 Å². The summed E-state index contributed by atoms with van der Waals surface area (Å²) < 4.78 is 12.3. The standard InChI is InChI=1S/C21H21N3O5/c1-3-21(13-28-19(26)16(22)11-15-7-5-4-6-8-15)10-9-17(29-21)24-12-14(2)18(25)23-20(24)27/h1,4-10,12,16-17H,11,13,22H2,2H3,(H,23,25,27)/t16-,17-,21+/m1/s1. The molecule has 0 saturated carbocycles. The molecule has 2 heterocycles. The van der Waals surface area contributed by atoms with Crippen LogP contribution in [0.2, 0.25) is 0 Å². The number of carbonyl (C=O) groups excluding carboxylic acids is 1. The van der Waals surface area contributed by atoms with E-state index in [1.165, 1.54) is 10.8 Å². The maximum Gasteiger partial charge on any atom is 0.330 e. The smallest absolute Gasteiger partial charge is 0.330 e. The minimum atomic E-state index is -1.34. The minimum Gasteiger partial charge on any atom is -0.460 e. The molecule has 3 N–H and O–H groups in total. The molecular weight excluding hydrogens is 374 g/mol. The average molecular weight is 395 g/mol. The summed E-state index contributed by atoms with van der Waals surface area (Å²) in [5, 5.41) is 0. The van der Waals surface area contributed by atoms with Crippen LogP contribution in [0.3, 0.4) is 0 Å². The van der Waals surface area contributed by atoms with Gasteiger partial charge in [0.05, 0.1) is 0 Å². The summed E-state index contributed by atoms with van der Waals surface area (Å²) in [7, 11) is 0. The average Bonchev–Trinajstić information content (AvgIpc) is 3.14. The summed E-state index contributed by atoms with van der Waals surface area (Å²) in [6.45, 7) is 1.31. The van der Waals surface area contributed by atoms with Gasteiger partial charge in [-0.25, -0.2) is 4.79 Å². The normalized spacial score (nSPS) is 21.5. The summed E-state index contributed by atoms with van der Waals surface area (Å²) in [6.07, 6.45) is 9.57. The quantitative estimate of drug-likeness (QED) is 0.416. The zero-order valence-corrected chi connectivity index (χ0v) is 15.8. The largest absolute Gasteiger partial charge is 0.460 e. The number of nitrogens with two attached hydrogens (primary N) is 1. The van der Waals surface area contributed by atoms with Crippen molar-refractivity contribution in [3.05, 3.63) is 80.6 Å². The van der Waals surface area contributed by atoms with Crippen LogP contribution in [0.15, 0.2) is 58.3 Å². The molecule has 0 saturated heterocycles. The van der Waals surface area contributed by atoms with Crippen molar-refractivity contribution in [2.24, 2.45) is 5.73 Å². The first kappa shape index (κ1) is 20.3. The van der Waals surface area contributed by atoms with Crippen LogP contribution in [0.5, 0.6) is 0 Å². The van der Waals surface area contributed by atoms with Gasteiger partial charge in [-0.15, -0.1) is 6.42 Å². The van der Waals surface area contributed by atoms with Gasteiger partial charge in [0, 0.05) is 11.8 Å². The molecule has 0 bridgehead atoms. The Kier molecular flexibility index (Phi) is 5.82. The first-order chi connectivity index (χ1) is 13.8. The van der Waals surface area contributed by atoms with Crippen LogP contribution in [0.1, 0.15) is 17.4 Å². The fourth-order valence-corrected chi connectivity index (χ4v) is 2.90. The third-order valence-corrected chi connectivity index (χ3v) is 4.56. The minimum absolute atomic E-state index is 0.255. The third kappa shape index (κ3) is 4.54. The summed E-state index contributed by atoms with van der Waals surface area (Å²) in [4.78, 5) is 38.0. The van der Waals surface area contributed by atoms with Gasteiger partial charge in [-0.1, -0.05) is 36.3 Å². The Hall–Kier alpha value is -3.41. The Morgan fingerprint density at radius 1 is 1.41 bits per heavy atom. The Balaban J connectivity index is 1.65. The fraction of sp³-hybridized carbons (Fsp3) is 0.286. The van der Waals surface area contributed by atoms with Crippen molar-refractivity contribution in [1.29, 1.82) is 0 Å². The zero-order chi connectivity index (χ0) is 21.0. The van der Waals surface area contributed by atoms with E-state index in [1.807, 2.05) is 30.3 Å². The van der Waals surface area contributed by atoms with Gasteiger partial charge in [-0.2, -0.15) is 0 Å². The number of esters is 1. The van der Waals surface area contributed by atoms with Crippen molar-refractivity contribution in [1.82, 2.24) is 9.55 Å². The Bertz CT molecular complexity index is 1080. The van der Waals surface area contributed by atoms with Crippen molar-refractivity contribution in [3.8, 4) is 12.3 Å². The lowest BCUT2D eigenvalue weighted by Crippen LogP contribution is -2.40. The number of terminal acetylenes is 1. The molecule has 0 unspecified atom stereocenters. The number of ether oxygens (including phenoxy) is 2. The molecule has 0 fully saturated rings. The Morgan fingerprint density at radius 2 is 2.14 bits per heavy atom. The lowest BCUT2D eigenvalue weighted by atomic mass is 10.1. The third-order valence-electron chi connectivity index (χ3n) is 4.56. The number of hydrogen-bond donors (Lipinski definition) is 2. The molecule has 8 nitrogen and oxygen atoms in total. The van der Waals surface area contributed by atoms with E-state index >= 15 is 0 Å². The summed E-state index contributed by atoms with van der Waals surface area (Å²) >= 11 is 0. The molecule has 1 aliphatic heterocycles. The van der Waals surface area contributed by atoms with Crippen molar-refractivity contribution in [2.45, 2.75) is 31.2 Å². The van der Waals surface area contributed by atoms with Gasteiger partial charge < -0.3 is 15.2 Å². The second-order valence-corrected chi connectivity index (χ2v) is 6.78. The highest BCUT2D eigenvalue weighted by atomic mass is 16.6. The molecule has 8 heteroatoms. The van der Waals surface area contributed by atoms with Gasteiger partial charge >= 0.3 is 11.7 Å². The van der Waals surface area contributed by atoms with E-state index in [0.717, 1.165) is 5.56 Å². The van der Waals surface area contributed by atoms with Gasteiger partial charge in [0.1, 0.15) is 12.6 Å². The number of aromatic amines is 1. The van der Waals surface area contributed by atoms with Crippen molar-refractivity contribution in [3.63, 3.8) is 0 Å². The summed E-state index contributed by atoms with van der Waals surface area (Å²) in [5.41, 5.74) is 4.73. The number of benzene rings is 1. The van der Waals surface area contributed by atoms with Crippen LogP contribution in [-0.4, -0.2) is 33.8 Å². The maximum absolute atomic E-state index is 12.3. The highest BCUT2D eigenvalue weighted by Crippen LogP contribution is 2.29. The van der Waals surface area contributed by atoms with Gasteiger partial charge in [0.2, 0.25) is 0 Å². The van der Waals surface area contributed by atoms with Gasteiger partial charge in [-0.05, 0) is 31.1 Å². The summed E-state index contributed by atoms with van der Waals surface area (Å²) in [6, 6.07) is 8.48. The molecule has 1 aromatic heterocycles. The number of aromatic nitrogens is 2. The fourth-order valence-electron chi connectivity index (χ4n) is 2.90. The predicted molar refractivity (Wildman–Crippen MR) is 106 cm³/mol. The number of carbonyl (C=O) groups is 1. The molecule has 1 aliphatic rings. The Labute approximate surface area is 167 Å². The predicted octanol–water partition coefficient (Wildman–Crippen LogP) is 0.415. The second kappa shape index (κ2) is 8.31. The maximum atomic E-state index is 12.3. The topological polar surface area (TPSA) is 116 Å². The van der Waals surface area contributed by atoms with Gasteiger partial charge in [-0.3, -0.25) is 19.1 Å². The van der Waals surface area contributed by atoms with Gasteiger partial charge in [0.25, 0.3) is 5.56 Å². The molecule has 2 aromatic rings. The lowest BCUT2D eigenvalue weighted by molar-refractivity contribution is -0.152. The first-order valence-electron chi connectivity index (χ1n) is 8.97. The zero-order valence-electron chi connectivity index (χ0n) is 15.8. The van der Waals surface area contributed by atoms with E-state index in [-0.39, 0.29) is 6.61 Å². The van der Waals surface area contributed by atoms with Crippen LogP contribution in [0.4, 0.5) is 0 Å². The van der Waals surface area contributed by atoms with Crippen molar-refractivity contribution in [2.75, 3.05) is 6.61 Å². The van der Waals surface area contributed by atoms with Gasteiger partial charge in [0.15, 0.2) is 11.8 Å². The Morgan fingerprint density at radius 3 is 2.83 bits per heavy atom. The van der Waals surface area contributed by atoms with E-state index in [4.69, 9.17) is 21.6 Å². The van der Waals surface area contributed by atoms with Crippen LogP contribution < -0.4 is 17.0 Å². The van der Waals surface area contributed by atoms with Crippen molar-refractivity contribution < 1.29 is 14.3 Å². The van der Waals surface area contributed by atoms with E-state index in [0.29, 0.717) is 12.0 Å². The number of nitrogens with one attached hydrogen (secondary N) is 1. The molecule has 0 spiro atoms. The van der Waals surface area contributed by atoms with Crippen molar-refractivity contribution >= 4 is 5.97 Å². The lowest BCUT2D eigenvalue weighted by Gasteiger charge is -2.24. The van der Waals surface area contributed by atoms with Crippen LogP contribution in [-0.2, 0) is 20.7 Å². The SMILES string of the molecule is C#C[C@@]1(COC(=O)[C@H](N)Cc2ccccc2)C=C[C@H](n2cc(C)c(=O)[nH]c2=O)O1. The van der Waals surface area contributed by atoms with E-state index in [1.54, 1.807) is 19.1 Å². The number of H-pyrrole nitrogens is 1. The number of nitrogens with zero attached hydrogens (tertiary/aromatic N) is 1.